The van der Waals surface area contributed by atoms with Crippen molar-refractivity contribution in [2.45, 2.75) is 56.7 Å². The zero-order valence-electron chi connectivity index (χ0n) is 25.2. The van der Waals surface area contributed by atoms with Crippen molar-refractivity contribution in [1.82, 2.24) is 19.3 Å². The topological polar surface area (TPSA) is 131 Å². The van der Waals surface area contributed by atoms with Gasteiger partial charge in [0.05, 0.1) is 5.54 Å². The van der Waals surface area contributed by atoms with Crippen LogP contribution in [0.1, 0.15) is 65.8 Å². The summed E-state index contributed by atoms with van der Waals surface area (Å²) in [5, 5.41) is 3.82. The van der Waals surface area contributed by atoms with E-state index in [0.717, 1.165) is 22.7 Å². The minimum absolute atomic E-state index is 0.0726. The molecule has 46 heavy (non-hydrogen) atoms. The van der Waals surface area contributed by atoms with E-state index in [4.69, 9.17) is 16.3 Å². The van der Waals surface area contributed by atoms with Crippen LogP contribution in [-0.2, 0) is 26.8 Å². The van der Waals surface area contributed by atoms with E-state index in [1.807, 2.05) is 12.1 Å². The molecule has 0 amide bonds. The van der Waals surface area contributed by atoms with Crippen molar-refractivity contribution < 1.29 is 35.9 Å². The molecule has 2 aromatic carbocycles. The number of hydrogen-bond donors (Lipinski definition) is 1. The van der Waals surface area contributed by atoms with Gasteiger partial charge < -0.3 is 10.1 Å². The molecule has 246 valence electrons. The van der Waals surface area contributed by atoms with Gasteiger partial charge in [-0.3, -0.25) is 9.59 Å². The van der Waals surface area contributed by atoms with Crippen molar-refractivity contribution in [3.05, 3.63) is 76.1 Å². The van der Waals surface area contributed by atoms with Gasteiger partial charge in [-0.1, -0.05) is 48.0 Å². The van der Waals surface area contributed by atoms with Crippen molar-refractivity contribution in [3.8, 4) is 6.01 Å². The van der Waals surface area contributed by atoms with Gasteiger partial charge >= 0.3 is 12.2 Å². The Morgan fingerprint density at radius 3 is 2.20 bits per heavy atom. The number of Topliss-reactive ketones (excluding diaryl/α,β-unsaturated/α-hetero) is 2. The van der Waals surface area contributed by atoms with Gasteiger partial charge in [0.2, 0.25) is 16.0 Å². The second-order valence-electron chi connectivity index (χ2n) is 12.0. The zero-order chi connectivity index (χ0) is 33.3. The average Bonchev–Trinajstić information content (AvgIpc) is 3.92. The molecule has 5 rings (SSSR count). The summed E-state index contributed by atoms with van der Waals surface area (Å²) in [6, 6.07) is 13.4. The van der Waals surface area contributed by atoms with E-state index in [9.17, 15) is 31.2 Å². The summed E-state index contributed by atoms with van der Waals surface area (Å²) in [6.07, 6.45) is -1.47. The SMILES string of the molecule is CN(C)S(=O)(=O)CC(=O)C1(CCC(=O)c2ccc(Cc3nc(NC4(c5ccc(Cl)cc5)CC4)nc(OCC(F)(F)F)n3)cc2)CC1. The van der Waals surface area contributed by atoms with Crippen molar-refractivity contribution in [1.29, 1.82) is 0 Å². The number of nitrogens with one attached hydrogen (secondary N) is 1. The van der Waals surface area contributed by atoms with Gasteiger partial charge in [-0.15, -0.1) is 0 Å². The fraction of sp³-hybridized carbons (Fsp3) is 0.452. The molecule has 3 aromatic rings. The fourth-order valence-corrected chi connectivity index (χ4v) is 6.11. The quantitative estimate of drug-likeness (QED) is 0.211. The molecule has 0 aliphatic heterocycles. The predicted octanol–water partition coefficient (Wildman–Crippen LogP) is 5.36. The van der Waals surface area contributed by atoms with Gasteiger partial charge in [0.15, 0.2) is 18.2 Å². The molecule has 2 aliphatic carbocycles. The Morgan fingerprint density at radius 2 is 1.63 bits per heavy atom. The van der Waals surface area contributed by atoms with Crippen molar-refractivity contribution in [2.24, 2.45) is 5.41 Å². The largest absolute Gasteiger partial charge is 0.454 e. The molecule has 1 aromatic heterocycles. The van der Waals surface area contributed by atoms with E-state index in [1.54, 1.807) is 36.4 Å². The van der Waals surface area contributed by atoms with Crippen LogP contribution in [0, 0.1) is 5.41 Å². The molecule has 0 saturated heterocycles. The first-order valence-electron chi connectivity index (χ1n) is 14.6. The van der Waals surface area contributed by atoms with Gasteiger partial charge in [0, 0.05) is 42.9 Å². The van der Waals surface area contributed by atoms with Crippen molar-refractivity contribution >= 4 is 39.1 Å². The highest BCUT2D eigenvalue weighted by Gasteiger charge is 2.50. The van der Waals surface area contributed by atoms with Gasteiger partial charge in [-0.05, 0) is 55.4 Å². The highest BCUT2D eigenvalue weighted by atomic mass is 35.5. The van der Waals surface area contributed by atoms with Crippen LogP contribution >= 0.6 is 11.6 Å². The number of ketones is 2. The number of halogens is 4. The van der Waals surface area contributed by atoms with E-state index < -0.39 is 45.5 Å². The number of nitrogens with zero attached hydrogens (tertiary/aromatic N) is 4. The first kappa shape index (κ1) is 33.7. The maximum absolute atomic E-state index is 12.9. The first-order valence-corrected chi connectivity index (χ1v) is 16.6. The molecule has 0 bridgehead atoms. The highest BCUT2D eigenvalue weighted by molar-refractivity contribution is 7.89. The summed E-state index contributed by atoms with van der Waals surface area (Å²) in [7, 11) is -0.932. The lowest BCUT2D eigenvalue weighted by atomic mass is 9.92. The average molecular weight is 680 g/mol. The molecule has 15 heteroatoms. The molecular formula is C31H33ClF3N5O5S. The van der Waals surface area contributed by atoms with E-state index in [-0.39, 0.29) is 42.6 Å². The molecule has 1 N–H and O–H groups in total. The van der Waals surface area contributed by atoms with Crippen LogP contribution in [0.4, 0.5) is 19.1 Å². The Balaban J connectivity index is 1.25. The molecule has 0 unspecified atom stereocenters. The summed E-state index contributed by atoms with van der Waals surface area (Å²) in [4.78, 5) is 38.3. The maximum atomic E-state index is 12.9. The third-order valence-corrected chi connectivity index (χ3v) is 10.3. The summed E-state index contributed by atoms with van der Waals surface area (Å²) < 4.78 is 68.8. The molecule has 2 aliphatic rings. The summed E-state index contributed by atoms with van der Waals surface area (Å²) in [6.45, 7) is -1.56. The summed E-state index contributed by atoms with van der Waals surface area (Å²) in [5.41, 5.74) is 0.779. The number of alkyl halides is 3. The van der Waals surface area contributed by atoms with Gasteiger partial charge in [0.25, 0.3) is 0 Å². The van der Waals surface area contributed by atoms with E-state index >= 15 is 0 Å². The molecule has 0 spiro atoms. The van der Waals surface area contributed by atoms with Crippen LogP contribution in [-0.4, -0.2) is 71.9 Å². The van der Waals surface area contributed by atoms with Crippen LogP contribution in [0.25, 0.3) is 0 Å². The monoisotopic (exact) mass is 679 g/mol. The lowest BCUT2D eigenvalue weighted by Crippen LogP contribution is -2.33. The number of sulfonamides is 1. The van der Waals surface area contributed by atoms with Crippen LogP contribution in [0.3, 0.4) is 0 Å². The van der Waals surface area contributed by atoms with E-state index in [2.05, 4.69) is 20.3 Å². The van der Waals surface area contributed by atoms with Crippen molar-refractivity contribution in [3.63, 3.8) is 0 Å². The Morgan fingerprint density at radius 1 is 0.978 bits per heavy atom. The minimum atomic E-state index is -4.58. The van der Waals surface area contributed by atoms with Crippen LogP contribution in [0.2, 0.25) is 5.02 Å². The molecule has 1 heterocycles. The number of rotatable bonds is 15. The Hall–Kier alpha value is -3.62. The minimum Gasteiger partial charge on any atom is -0.454 e. The van der Waals surface area contributed by atoms with Crippen LogP contribution in [0.15, 0.2) is 48.5 Å². The Labute approximate surface area is 269 Å². The molecule has 10 nitrogen and oxygen atoms in total. The third kappa shape index (κ3) is 8.39. The number of carbonyl (C=O) groups is 2. The van der Waals surface area contributed by atoms with E-state index in [1.165, 1.54) is 14.1 Å². The molecule has 2 fully saturated rings. The van der Waals surface area contributed by atoms with Crippen molar-refractivity contribution in [2.75, 3.05) is 31.8 Å². The molecule has 0 radical (unpaired) electrons. The van der Waals surface area contributed by atoms with E-state index in [0.29, 0.717) is 29.0 Å². The summed E-state index contributed by atoms with van der Waals surface area (Å²) in [5.74, 6) is -0.893. The second-order valence-corrected chi connectivity index (χ2v) is 14.6. The molecule has 2 saturated carbocycles. The lowest BCUT2D eigenvalue weighted by Gasteiger charge is -2.19. The smallest absolute Gasteiger partial charge is 0.422 e. The fourth-order valence-electron chi connectivity index (χ4n) is 5.09. The van der Waals surface area contributed by atoms with Gasteiger partial charge in [0.1, 0.15) is 11.6 Å². The Bertz CT molecular complexity index is 1710. The predicted molar refractivity (Wildman–Crippen MR) is 164 cm³/mol. The van der Waals surface area contributed by atoms with Crippen LogP contribution < -0.4 is 10.1 Å². The number of aromatic nitrogens is 3. The first-order chi connectivity index (χ1) is 21.6. The maximum Gasteiger partial charge on any atom is 0.422 e. The number of anilines is 1. The number of benzene rings is 2. The number of hydrogen-bond acceptors (Lipinski definition) is 9. The second kappa shape index (κ2) is 12.9. The highest BCUT2D eigenvalue weighted by Crippen LogP contribution is 2.51. The zero-order valence-corrected chi connectivity index (χ0v) is 26.8. The van der Waals surface area contributed by atoms with Crippen LogP contribution in [0.5, 0.6) is 6.01 Å². The number of carbonyl (C=O) groups excluding carboxylic acids is 2. The third-order valence-electron chi connectivity index (χ3n) is 8.31. The van der Waals surface area contributed by atoms with Gasteiger partial charge in [-0.2, -0.15) is 28.1 Å². The number of ether oxygens (including phenoxy) is 1. The lowest BCUT2D eigenvalue weighted by molar-refractivity contribution is -0.154. The normalized spacial score (nSPS) is 16.6. The molecular weight excluding hydrogens is 647 g/mol. The summed E-state index contributed by atoms with van der Waals surface area (Å²) >= 11 is 6.02. The van der Waals surface area contributed by atoms with Gasteiger partial charge in [-0.25, -0.2) is 12.7 Å². The standard InChI is InChI=1S/C31H33ClF3N5O5S/c1-40(2)46(43,44)18-25(42)29(13-14-29)12-11-24(41)21-5-3-20(4-6-21)17-26-36-27(38-28(37-26)45-19-31(33,34)35)39-30(15-16-30)22-7-9-23(32)10-8-22/h3-10H,11-19H2,1-2H3,(H,36,37,38,39). The Kier molecular flexibility index (Phi) is 9.45. The molecule has 0 atom stereocenters.